The summed E-state index contributed by atoms with van der Waals surface area (Å²) in [5, 5.41) is 6.22. The van der Waals surface area contributed by atoms with Gasteiger partial charge in [-0.1, -0.05) is 24.8 Å². The van der Waals surface area contributed by atoms with Crippen molar-refractivity contribution in [3.8, 4) is 5.75 Å². The van der Waals surface area contributed by atoms with Crippen molar-refractivity contribution in [3.05, 3.63) is 40.9 Å². The molecule has 2 atom stereocenters. The van der Waals surface area contributed by atoms with Crippen LogP contribution in [0.1, 0.15) is 30.5 Å². The average Bonchev–Trinajstić information content (AvgIpc) is 3.02. The van der Waals surface area contributed by atoms with Gasteiger partial charge in [-0.2, -0.15) is 0 Å². The van der Waals surface area contributed by atoms with Gasteiger partial charge in [0, 0.05) is 22.9 Å². The van der Waals surface area contributed by atoms with Crippen LogP contribution in [0.4, 0.5) is 0 Å². The highest BCUT2D eigenvalue weighted by Crippen LogP contribution is 2.41. The molecular formula is C16H20N2OS2. The number of nitrogens with one attached hydrogen (secondary N) is 1. The van der Waals surface area contributed by atoms with E-state index in [1.165, 1.54) is 17.5 Å². The molecule has 1 aromatic heterocycles. The lowest BCUT2D eigenvalue weighted by Gasteiger charge is -2.33. The van der Waals surface area contributed by atoms with Crippen LogP contribution >= 0.6 is 23.1 Å². The van der Waals surface area contributed by atoms with E-state index in [4.69, 9.17) is 4.74 Å². The lowest BCUT2D eigenvalue weighted by molar-refractivity contribution is 0.410. The highest BCUT2D eigenvalue weighted by Gasteiger charge is 2.30. The molecule has 1 aromatic carbocycles. The van der Waals surface area contributed by atoms with Crippen LogP contribution in [-0.4, -0.2) is 23.9 Å². The highest BCUT2D eigenvalue weighted by molar-refractivity contribution is 8.01. The van der Waals surface area contributed by atoms with E-state index in [2.05, 4.69) is 35.4 Å². The number of aromatic nitrogens is 1. The Morgan fingerprint density at radius 1 is 1.48 bits per heavy atom. The number of benzene rings is 1. The van der Waals surface area contributed by atoms with Crippen LogP contribution in [0.15, 0.2) is 34.1 Å². The molecule has 112 valence electrons. The van der Waals surface area contributed by atoms with Crippen LogP contribution in [0.3, 0.4) is 0 Å². The fourth-order valence-electron chi connectivity index (χ4n) is 2.87. The first-order chi connectivity index (χ1) is 10.3. The molecule has 2 aromatic rings. The molecule has 0 fully saturated rings. The van der Waals surface area contributed by atoms with E-state index in [-0.39, 0.29) is 0 Å². The summed E-state index contributed by atoms with van der Waals surface area (Å²) in [6.45, 7) is 3.13. The van der Waals surface area contributed by atoms with Gasteiger partial charge < -0.3 is 10.1 Å². The second-order valence-corrected chi connectivity index (χ2v) is 7.47. The maximum Gasteiger partial charge on any atom is 0.150 e. The zero-order valence-electron chi connectivity index (χ0n) is 12.3. The SMILES string of the molecule is CCNC1c2cc(OC)ccc2CCC1Sc1nccs1. The first kappa shape index (κ1) is 14.9. The summed E-state index contributed by atoms with van der Waals surface area (Å²) < 4.78 is 6.56. The van der Waals surface area contributed by atoms with Crippen molar-refractivity contribution >= 4 is 23.1 Å². The molecule has 1 N–H and O–H groups in total. The van der Waals surface area contributed by atoms with Gasteiger partial charge in [0.25, 0.3) is 0 Å². The second kappa shape index (κ2) is 6.81. The maximum atomic E-state index is 5.40. The molecule has 0 saturated heterocycles. The number of hydrogen-bond acceptors (Lipinski definition) is 5. The molecule has 3 nitrogen and oxygen atoms in total. The minimum atomic E-state index is 0.364. The van der Waals surface area contributed by atoms with Crippen LogP contribution < -0.4 is 10.1 Å². The standard InChI is InChI=1S/C16H20N2OS2/c1-3-17-15-13-10-12(19-2)6-4-11(13)5-7-14(15)21-16-18-8-9-20-16/h4,6,8-10,14-15,17H,3,5,7H2,1-2H3. The molecule has 1 heterocycles. The Morgan fingerprint density at radius 2 is 2.38 bits per heavy atom. The van der Waals surface area contributed by atoms with Gasteiger partial charge in [-0.15, -0.1) is 11.3 Å². The Kier molecular flexibility index (Phi) is 4.83. The molecule has 2 unspecified atom stereocenters. The third-order valence-electron chi connectivity index (χ3n) is 3.84. The third kappa shape index (κ3) is 3.25. The summed E-state index contributed by atoms with van der Waals surface area (Å²) in [5.41, 5.74) is 2.83. The first-order valence-electron chi connectivity index (χ1n) is 7.28. The number of rotatable bonds is 5. The van der Waals surface area contributed by atoms with E-state index in [1.54, 1.807) is 18.4 Å². The largest absolute Gasteiger partial charge is 0.497 e. The van der Waals surface area contributed by atoms with Crippen molar-refractivity contribution in [1.82, 2.24) is 10.3 Å². The van der Waals surface area contributed by atoms with Gasteiger partial charge in [0.05, 0.1) is 7.11 Å². The number of methoxy groups -OCH3 is 1. The van der Waals surface area contributed by atoms with Gasteiger partial charge in [0.1, 0.15) is 10.1 Å². The van der Waals surface area contributed by atoms with Gasteiger partial charge in [0.15, 0.2) is 0 Å². The van der Waals surface area contributed by atoms with Gasteiger partial charge >= 0.3 is 0 Å². The smallest absolute Gasteiger partial charge is 0.150 e. The number of aryl methyl sites for hydroxylation is 1. The van der Waals surface area contributed by atoms with Crippen molar-refractivity contribution in [2.24, 2.45) is 0 Å². The molecule has 0 bridgehead atoms. The van der Waals surface area contributed by atoms with Crippen LogP contribution in [-0.2, 0) is 6.42 Å². The van der Waals surface area contributed by atoms with Gasteiger partial charge in [0.2, 0.25) is 0 Å². The summed E-state index contributed by atoms with van der Waals surface area (Å²) in [6, 6.07) is 6.83. The van der Waals surface area contributed by atoms with Crippen molar-refractivity contribution in [1.29, 1.82) is 0 Å². The number of thioether (sulfide) groups is 1. The molecular weight excluding hydrogens is 300 g/mol. The fraction of sp³-hybridized carbons (Fsp3) is 0.438. The van der Waals surface area contributed by atoms with E-state index in [0.29, 0.717) is 11.3 Å². The van der Waals surface area contributed by atoms with E-state index in [9.17, 15) is 0 Å². The zero-order valence-corrected chi connectivity index (χ0v) is 14.0. The highest BCUT2D eigenvalue weighted by atomic mass is 32.2. The minimum absolute atomic E-state index is 0.364. The van der Waals surface area contributed by atoms with Crippen LogP contribution in [0.2, 0.25) is 0 Å². The van der Waals surface area contributed by atoms with E-state index < -0.39 is 0 Å². The quantitative estimate of drug-likeness (QED) is 0.906. The first-order valence-corrected chi connectivity index (χ1v) is 9.04. The average molecular weight is 320 g/mol. The molecule has 0 radical (unpaired) electrons. The number of nitrogens with zero attached hydrogens (tertiary/aromatic N) is 1. The predicted molar refractivity (Wildman–Crippen MR) is 89.5 cm³/mol. The summed E-state index contributed by atoms with van der Waals surface area (Å²) in [6.07, 6.45) is 4.20. The summed E-state index contributed by atoms with van der Waals surface area (Å²) in [7, 11) is 1.73. The van der Waals surface area contributed by atoms with E-state index in [1.807, 2.05) is 23.3 Å². The Labute approximate surface area is 134 Å². The lowest BCUT2D eigenvalue weighted by atomic mass is 9.87. The van der Waals surface area contributed by atoms with E-state index >= 15 is 0 Å². The van der Waals surface area contributed by atoms with Crippen LogP contribution in [0.25, 0.3) is 0 Å². The topological polar surface area (TPSA) is 34.1 Å². The molecule has 5 heteroatoms. The zero-order chi connectivity index (χ0) is 14.7. The maximum absolute atomic E-state index is 5.40. The van der Waals surface area contributed by atoms with Gasteiger partial charge in [-0.05, 0) is 42.6 Å². The monoisotopic (exact) mass is 320 g/mol. The van der Waals surface area contributed by atoms with Gasteiger partial charge in [-0.25, -0.2) is 4.98 Å². The Balaban J connectivity index is 1.89. The molecule has 3 rings (SSSR count). The number of hydrogen-bond donors (Lipinski definition) is 1. The predicted octanol–water partition coefficient (Wildman–Crippen LogP) is 3.91. The van der Waals surface area contributed by atoms with E-state index in [0.717, 1.165) is 23.1 Å². The Morgan fingerprint density at radius 3 is 3.10 bits per heavy atom. The molecule has 0 saturated carbocycles. The molecule has 0 aliphatic heterocycles. The summed E-state index contributed by atoms with van der Waals surface area (Å²) in [5.74, 6) is 0.941. The van der Waals surface area contributed by atoms with Crippen molar-refractivity contribution < 1.29 is 4.74 Å². The molecule has 0 amide bonds. The second-order valence-electron chi connectivity index (χ2n) is 5.09. The summed E-state index contributed by atoms with van der Waals surface area (Å²) >= 11 is 3.63. The Hall–Kier alpha value is -1.04. The van der Waals surface area contributed by atoms with Crippen molar-refractivity contribution in [2.75, 3.05) is 13.7 Å². The number of ether oxygens (including phenoxy) is 1. The minimum Gasteiger partial charge on any atom is -0.497 e. The molecule has 1 aliphatic rings. The van der Waals surface area contributed by atoms with Crippen LogP contribution in [0, 0.1) is 0 Å². The molecule has 1 aliphatic carbocycles. The Bertz CT molecular complexity index is 586. The third-order valence-corrected chi connectivity index (χ3v) is 6.10. The van der Waals surface area contributed by atoms with Crippen LogP contribution in [0.5, 0.6) is 5.75 Å². The van der Waals surface area contributed by atoms with Gasteiger partial charge in [-0.3, -0.25) is 0 Å². The number of fused-ring (bicyclic) bond motifs is 1. The van der Waals surface area contributed by atoms with Crippen molar-refractivity contribution in [2.45, 2.75) is 35.4 Å². The summed E-state index contributed by atoms with van der Waals surface area (Å²) in [4.78, 5) is 4.42. The lowest BCUT2D eigenvalue weighted by Crippen LogP contribution is -2.34. The normalized spacial score (nSPS) is 21.0. The molecule has 21 heavy (non-hydrogen) atoms. The number of thiazole rings is 1. The fourth-order valence-corrected chi connectivity index (χ4v) is 4.98. The van der Waals surface area contributed by atoms with Crippen molar-refractivity contribution in [3.63, 3.8) is 0 Å². The molecule has 0 spiro atoms.